The van der Waals surface area contributed by atoms with E-state index >= 15 is 0 Å². The van der Waals surface area contributed by atoms with Crippen LogP contribution in [0.2, 0.25) is 0 Å². The highest BCUT2D eigenvalue weighted by atomic mass is 32.2. The van der Waals surface area contributed by atoms with Crippen molar-refractivity contribution in [3.63, 3.8) is 0 Å². The van der Waals surface area contributed by atoms with E-state index in [1.807, 2.05) is 0 Å². The van der Waals surface area contributed by atoms with E-state index in [0.29, 0.717) is 23.0 Å². The van der Waals surface area contributed by atoms with Crippen molar-refractivity contribution in [1.82, 2.24) is 4.90 Å². The fourth-order valence-electron chi connectivity index (χ4n) is 3.20. The summed E-state index contributed by atoms with van der Waals surface area (Å²) in [5, 5.41) is 0.453. The molecule has 9 heteroatoms. The molecule has 0 saturated carbocycles. The second-order valence-electron chi connectivity index (χ2n) is 6.75. The van der Waals surface area contributed by atoms with Gasteiger partial charge in [0, 0.05) is 24.0 Å². The molecule has 1 aliphatic rings. The van der Waals surface area contributed by atoms with Crippen LogP contribution in [0.15, 0.2) is 22.6 Å². The van der Waals surface area contributed by atoms with Gasteiger partial charge in [-0.1, -0.05) is 0 Å². The highest BCUT2D eigenvalue weighted by molar-refractivity contribution is 7.91. The van der Waals surface area contributed by atoms with E-state index in [2.05, 4.69) is 0 Å². The molecule has 3 rings (SSSR count). The second kappa shape index (κ2) is 6.95. The lowest BCUT2D eigenvalue weighted by Gasteiger charge is -2.26. The lowest BCUT2D eigenvalue weighted by molar-refractivity contribution is -0.140. The first-order valence-electron chi connectivity index (χ1n) is 8.46. The first kappa shape index (κ1) is 19.3. The Morgan fingerprint density at radius 3 is 2.70 bits per heavy atom. The number of halogens is 1. The number of sulfone groups is 1. The van der Waals surface area contributed by atoms with E-state index in [0.717, 1.165) is 0 Å². The van der Waals surface area contributed by atoms with Gasteiger partial charge in [0.05, 0.1) is 11.5 Å². The van der Waals surface area contributed by atoms with Crippen LogP contribution in [0, 0.1) is 12.7 Å². The van der Waals surface area contributed by atoms with Crippen LogP contribution in [0.1, 0.15) is 29.5 Å². The topological polar surface area (TPSA) is 93.9 Å². The zero-order valence-electron chi connectivity index (χ0n) is 15.2. The molecular formula is C18H20FNO6S. The van der Waals surface area contributed by atoms with Gasteiger partial charge in [0.15, 0.2) is 15.9 Å². The number of ether oxygens (including phenoxy) is 1. The monoisotopic (exact) mass is 397 g/mol. The number of furan rings is 1. The number of hydrogen-bond donors (Lipinski definition) is 0. The van der Waals surface area contributed by atoms with Crippen LogP contribution in [-0.4, -0.2) is 55.9 Å². The van der Waals surface area contributed by atoms with Crippen molar-refractivity contribution in [2.24, 2.45) is 0 Å². The van der Waals surface area contributed by atoms with E-state index < -0.39 is 39.7 Å². The van der Waals surface area contributed by atoms with E-state index in [1.165, 1.54) is 37.1 Å². The fraction of sp³-hybridized carbons (Fsp3) is 0.444. The second-order valence-corrected chi connectivity index (χ2v) is 8.98. The summed E-state index contributed by atoms with van der Waals surface area (Å²) in [6.07, 6.45) is -0.755. The van der Waals surface area contributed by atoms with Gasteiger partial charge in [-0.2, -0.15) is 0 Å². The number of rotatable bonds is 4. The molecule has 0 N–H and O–H groups in total. The Kier molecular flexibility index (Phi) is 4.98. The maximum Gasteiger partial charge on any atom is 0.375 e. The molecule has 1 aromatic heterocycles. The first-order valence-corrected chi connectivity index (χ1v) is 10.3. The normalized spacial score (nSPS) is 19.8. The number of hydrogen-bond acceptors (Lipinski definition) is 6. The van der Waals surface area contributed by atoms with Crippen LogP contribution in [0.4, 0.5) is 4.39 Å². The zero-order chi connectivity index (χ0) is 19.9. The Hall–Kier alpha value is -2.42. The molecule has 27 heavy (non-hydrogen) atoms. The summed E-state index contributed by atoms with van der Waals surface area (Å²) in [6, 6.07) is 3.46. The number of amides is 1. The minimum atomic E-state index is -3.14. The Morgan fingerprint density at radius 1 is 1.37 bits per heavy atom. The molecule has 146 valence electrons. The van der Waals surface area contributed by atoms with E-state index in [9.17, 15) is 22.4 Å². The summed E-state index contributed by atoms with van der Waals surface area (Å²) in [6.45, 7) is 3.02. The molecule has 1 amide bonds. The van der Waals surface area contributed by atoms with E-state index in [4.69, 9.17) is 9.15 Å². The third-order valence-corrected chi connectivity index (χ3v) is 6.57. The quantitative estimate of drug-likeness (QED) is 0.733. The van der Waals surface area contributed by atoms with Crippen molar-refractivity contribution in [2.45, 2.75) is 32.4 Å². The molecule has 1 fully saturated rings. The average Bonchev–Trinajstić information content (AvgIpc) is 3.13. The SMILES string of the molecule is Cc1c(C(=O)O[C@@H](C)C(=O)N(C)[C@@H]2CCS(=O)(=O)C2)oc2ccc(F)cc12. The molecule has 0 radical (unpaired) electrons. The number of fused-ring (bicyclic) bond motifs is 1. The largest absolute Gasteiger partial charge is 0.449 e. The summed E-state index contributed by atoms with van der Waals surface area (Å²) >= 11 is 0. The molecule has 0 aliphatic carbocycles. The Balaban J connectivity index is 1.72. The van der Waals surface area contributed by atoms with Crippen LogP contribution in [0.25, 0.3) is 11.0 Å². The summed E-state index contributed by atoms with van der Waals surface area (Å²) < 4.78 is 47.2. The van der Waals surface area contributed by atoms with Gasteiger partial charge in [0.25, 0.3) is 5.91 Å². The number of carbonyl (C=O) groups is 2. The Bertz CT molecular complexity index is 1010. The van der Waals surface area contributed by atoms with Crippen molar-refractivity contribution in [1.29, 1.82) is 0 Å². The third-order valence-electron chi connectivity index (χ3n) is 4.82. The molecule has 1 aliphatic heterocycles. The van der Waals surface area contributed by atoms with Gasteiger partial charge in [-0.15, -0.1) is 0 Å². The highest BCUT2D eigenvalue weighted by Gasteiger charge is 2.35. The lowest BCUT2D eigenvalue weighted by Crippen LogP contribution is -2.44. The number of aryl methyl sites for hydroxylation is 1. The van der Waals surface area contributed by atoms with Gasteiger partial charge in [0.2, 0.25) is 5.76 Å². The van der Waals surface area contributed by atoms with Gasteiger partial charge < -0.3 is 14.1 Å². The Labute approximate surface area is 156 Å². The third kappa shape index (κ3) is 3.83. The van der Waals surface area contributed by atoms with Gasteiger partial charge in [0.1, 0.15) is 11.4 Å². The number of carbonyl (C=O) groups excluding carboxylic acids is 2. The highest BCUT2D eigenvalue weighted by Crippen LogP contribution is 2.27. The van der Waals surface area contributed by atoms with Gasteiger partial charge >= 0.3 is 5.97 Å². The summed E-state index contributed by atoms with van der Waals surface area (Å²) in [7, 11) is -1.64. The predicted octanol–water partition coefficient (Wildman–Crippen LogP) is 2.07. The zero-order valence-corrected chi connectivity index (χ0v) is 16.0. The standard InChI is InChI=1S/C18H20FNO6S/c1-10-14-8-12(19)4-5-15(14)26-16(10)18(22)25-11(2)17(21)20(3)13-6-7-27(23,24)9-13/h4-5,8,11,13H,6-7,9H2,1-3H3/t11-,13+/m0/s1. The Morgan fingerprint density at radius 2 is 2.07 bits per heavy atom. The summed E-state index contributed by atoms with van der Waals surface area (Å²) in [5.41, 5.74) is 0.762. The molecule has 7 nitrogen and oxygen atoms in total. The summed E-state index contributed by atoms with van der Waals surface area (Å²) in [5.74, 6) is -1.94. The molecular weight excluding hydrogens is 377 g/mol. The smallest absolute Gasteiger partial charge is 0.375 e. The van der Waals surface area contributed by atoms with Crippen LogP contribution in [-0.2, 0) is 19.4 Å². The maximum absolute atomic E-state index is 13.4. The molecule has 2 heterocycles. The molecule has 0 spiro atoms. The minimum absolute atomic E-state index is 0.0399. The molecule has 1 aromatic carbocycles. The molecule has 2 aromatic rings. The van der Waals surface area contributed by atoms with Crippen molar-refractivity contribution in [3.05, 3.63) is 35.3 Å². The van der Waals surface area contributed by atoms with Gasteiger partial charge in [-0.3, -0.25) is 4.79 Å². The van der Waals surface area contributed by atoms with Crippen molar-refractivity contribution >= 4 is 32.7 Å². The molecule has 2 atom stereocenters. The fourth-order valence-corrected chi connectivity index (χ4v) is 4.97. The average molecular weight is 397 g/mol. The van der Waals surface area contributed by atoms with Crippen molar-refractivity contribution < 1.29 is 31.6 Å². The maximum atomic E-state index is 13.4. The van der Waals surface area contributed by atoms with E-state index in [1.54, 1.807) is 6.92 Å². The molecule has 0 bridgehead atoms. The van der Waals surface area contributed by atoms with Gasteiger partial charge in [-0.25, -0.2) is 17.6 Å². The molecule has 1 saturated heterocycles. The number of benzene rings is 1. The molecule has 0 unspecified atom stereocenters. The first-order chi connectivity index (χ1) is 12.6. The predicted molar refractivity (Wildman–Crippen MR) is 95.6 cm³/mol. The van der Waals surface area contributed by atoms with Gasteiger partial charge in [-0.05, 0) is 38.5 Å². The van der Waals surface area contributed by atoms with Crippen LogP contribution in [0.5, 0.6) is 0 Å². The number of esters is 1. The number of likely N-dealkylation sites (N-methyl/N-ethyl adjacent to an activating group) is 1. The number of nitrogens with zero attached hydrogens (tertiary/aromatic N) is 1. The summed E-state index contributed by atoms with van der Waals surface area (Å²) in [4.78, 5) is 26.2. The van der Waals surface area contributed by atoms with Crippen molar-refractivity contribution in [3.8, 4) is 0 Å². The van der Waals surface area contributed by atoms with Crippen LogP contribution >= 0.6 is 0 Å². The lowest BCUT2D eigenvalue weighted by atomic mass is 10.1. The minimum Gasteiger partial charge on any atom is -0.449 e. The van der Waals surface area contributed by atoms with E-state index in [-0.39, 0.29) is 17.3 Å². The van der Waals surface area contributed by atoms with Crippen LogP contribution in [0.3, 0.4) is 0 Å². The van der Waals surface area contributed by atoms with Crippen molar-refractivity contribution in [2.75, 3.05) is 18.6 Å². The van der Waals surface area contributed by atoms with Crippen LogP contribution < -0.4 is 0 Å².